The predicted molar refractivity (Wildman–Crippen MR) is 75.1 cm³/mol. The third kappa shape index (κ3) is 2.35. The van der Waals surface area contributed by atoms with Gasteiger partial charge in [0.05, 0.1) is 0 Å². The normalized spacial score (nSPS) is 23.5. The van der Waals surface area contributed by atoms with Crippen LogP contribution in [0, 0.1) is 13.8 Å². The first-order chi connectivity index (χ1) is 8.95. The molecule has 1 aromatic carbocycles. The Morgan fingerprint density at radius 1 is 1.26 bits per heavy atom. The zero-order valence-electron chi connectivity index (χ0n) is 11.9. The molecule has 4 nitrogen and oxygen atoms in total. The van der Waals surface area contributed by atoms with Gasteiger partial charge in [0.25, 0.3) is 0 Å². The highest BCUT2D eigenvalue weighted by Gasteiger charge is 2.38. The van der Waals surface area contributed by atoms with Gasteiger partial charge in [-0.1, -0.05) is 24.6 Å². The van der Waals surface area contributed by atoms with Gasteiger partial charge < -0.3 is 5.32 Å². The molecular formula is C15H20N2O2. The number of carbonyl (C=O) groups is 2. The molecule has 4 heteroatoms. The molecule has 1 aliphatic rings. The van der Waals surface area contributed by atoms with Crippen molar-refractivity contribution < 1.29 is 9.59 Å². The van der Waals surface area contributed by atoms with Gasteiger partial charge in [0, 0.05) is 5.69 Å². The van der Waals surface area contributed by atoms with E-state index in [0.29, 0.717) is 6.42 Å². The first-order valence-electron chi connectivity index (χ1n) is 6.66. The van der Waals surface area contributed by atoms with Crippen LogP contribution < -0.4 is 10.2 Å². The van der Waals surface area contributed by atoms with Gasteiger partial charge in [0.1, 0.15) is 12.1 Å². The maximum absolute atomic E-state index is 12.4. The molecule has 2 amide bonds. The van der Waals surface area contributed by atoms with Crippen LogP contribution >= 0.6 is 0 Å². The van der Waals surface area contributed by atoms with Gasteiger partial charge in [-0.05, 0) is 38.8 Å². The van der Waals surface area contributed by atoms with Crippen LogP contribution in [-0.2, 0) is 9.59 Å². The highest BCUT2D eigenvalue weighted by Crippen LogP contribution is 2.27. The number of anilines is 1. The number of hydrogen-bond acceptors (Lipinski definition) is 2. The lowest BCUT2D eigenvalue weighted by Crippen LogP contribution is -2.62. The fraction of sp³-hybridized carbons (Fsp3) is 0.467. The van der Waals surface area contributed by atoms with Gasteiger partial charge in [-0.15, -0.1) is 0 Å². The summed E-state index contributed by atoms with van der Waals surface area (Å²) >= 11 is 0. The number of rotatable bonds is 2. The molecule has 0 aliphatic carbocycles. The number of nitrogens with one attached hydrogen (secondary N) is 1. The second-order valence-electron chi connectivity index (χ2n) is 5.15. The average Bonchev–Trinajstić information content (AvgIpc) is 2.34. The molecule has 2 unspecified atom stereocenters. The van der Waals surface area contributed by atoms with E-state index in [9.17, 15) is 9.59 Å². The maximum atomic E-state index is 12.4. The lowest BCUT2D eigenvalue weighted by atomic mass is 10.0. The molecule has 0 aromatic heterocycles. The molecule has 0 saturated carbocycles. The maximum Gasteiger partial charge on any atom is 0.250 e. The number of aryl methyl sites for hydroxylation is 2. The summed E-state index contributed by atoms with van der Waals surface area (Å²) in [6.07, 6.45) is 0.609. The summed E-state index contributed by atoms with van der Waals surface area (Å²) in [7, 11) is 0. The van der Waals surface area contributed by atoms with Crippen LogP contribution in [0.1, 0.15) is 31.4 Å². The predicted octanol–water partition coefficient (Wildman–Crippen LogP) is 1.93. The van der Waals surface area contributed by atoms with Crippen molar-refractivity contribution in [1.82, 2.24) is 5.32 Å². The molecule has 2 rings (SSSR count). The SMILES string of the molecule is CCC1C(=O)NC(C)C(=O)N1c1ccc(C)cc1C. The number of carbonyl (C=O) groups excluding carboxylic acids is 2. The van der Waals surface area contributed by atoms with Crippen LogP contribution in [0.2, 0.25) is 0 Å². The smallest absolute Gasteiger partial charge is 0.250 e. The molecule has 0 spiro atoms. The van der Waals surface area contributed by atoms with E-state index in [0.717, 1.165) is 16.8 Å². The van der Waals surface area contributed by atoms with Gasteiger partial charge in [0.15, 0.2) is 0 Å². The molecule has 102 valence electrons. The molecule has 1 fully saturated rings. The first kappa shape index (κ1) is 13.6. The highest BCUT2D eigenvalue weighted by molar-refractivity contribution is 6.08. The largest absolute Gasteiger partial charge is 0.343 e. The summed E-state index contributed by atoms with van der Waals surface area (Å²) < 4.78 is 0. The van der Waals surface area contributed by atoms with Crippen LogP contribution in [0.15, 0.2) is 18.2 Å². The molecule has 1 aliphatic heterocycles. The van der Waals surface area contributed by atoms with E-state index in [-0.39, 0.29) is 11.8 Å². The zero-order chi connectivity index (χ0) is 14.2. The van der Waals surface area contributed by atoms with E-state index in [1.54, 1.807) is 11.8 Å². The Morgan fingerprint density at radius 3 is 2.53 bits per heavy atom. The summed E-state index contributed by atoms with van der Waals surface area (Å²) in [6.45, 7) is 7.63. The summed E-state index contributed by atoms with van der Waals surface area (Å²) in [5.74, 6) is -0.118. The van der Waals surface area contributed by atoms with Crippen molar-refractivity contribution in [3.63, 3.8) is 0 Å². The van der Waals surface area contributed by atoms with Crippen molar-refractivity contribution in [3.8, 4) is 0 Å². The minimum Gasteiger partial charge on any atom is -0.343 e. The Morgan fingerprint density at radius 2 is 1.95 bits per heavy atom. The number of piperazine rings is 1. The van der Waals surface area contributed by atoms with Crippen molar-refractivity contribution in [2.75, 3.05) is 4.90 Å². The van der Waals surface area contributed by atoms with Gasteiger partial charge in [0.2, 0.25) is 11.8 Å². The Hall–Kier alpha value is -1.84. The van der Waals surface area contributed by atoms with E-state index in [1.807, 2.05) is 39.0 Å². The quantitative estimate of drug-likeness (QED) is 0.883. The molecular weight excluding hydrogens is 240 g/mol. The minimum atomic E-state index is -0.462. The zero-order valence-corrected chi connectivity index (χ0v) is 11.9. The third-order valence-electron chi connectivity index (χ3n) is 3.58. The van der Waals surface area contributed by atoms with Crippen molar-refractivity contribution in [2.45, 2.75) is 46.2 Å². The van der Waals surface area contributed by atoms with Crippen LogP contribution in [0.3, 0.4) is 0 Å². The van der Waals surface area contributed by atoms with Crippen molar-refractivity contribution in [2.24, 2.45) is 0 Å². The molecule has 1 saturated heterocycles. The lowest BCUT2D eigenvalue weighted by molar-refractivity contribution is -0.133. The Bertz CT molecular complexity index is 525. The number of amides is 2. The van der Waals surface area contributed by atoms with E-state index >= 15 is 0 Å². The van der Waals surface area contributed by atoms with Crippen molar-refractivity contribution >= 4 is 17.5 Å². The monoisotopic (exact) mass is 260 g/mol. The first-order valence-corrected chi connectivity index (χ1v) is 6.66. The molecule has 1 heterocycles. The standard InChI is InChI=1S/C15H20N2O2/c1-5-12-14(18)16-11(4)15(19)17(12)13-7-6-9(2)8-10(13)3/h6-8,11-12H,5H2,1-4H3,(H,16,18). The van der Waals surface area contributed by atoms with Crippen molar-refractivity contribution in [1.29, 1.82) is 0 Å². The van der Waals surface area contributed by atoms with Gasteiger partial charge >= 0.3 is 0 Å². The molecule has 1 aromatic rings. The summed E-state index contributed by atoms with van der Waals surface area (Å²) in [5, 5.41) is 2.73. The summed E-state index contributed by atoms with van der Waals surface area (Å²) in [6, 6.07) is 5.06. The fourth-order valence-corrected chi connectivity index (χ4v) is 2.58. The van der Waals surface area contributed by atoms with E-state index in [4.69, 9.17) is 0 Å². The average molecular weight is 260 g/mol. The Labute approximate surface area is 113 Å². The Balaban J connectivity index is 2.48. The second-order valence-corrected chi connectivity index (χ2v) is 5.15. The molecule has 0 bridgehead atoms. The number of hydrogen-bond donors (Lipinski definition) is 1. The Kier molecular flexibility index (Phi) is 3.60. The van der Waals surface area contributed by atoms with Crippen LogP contribution in [0.4, 0.5) is 5.69 Å². The lowest BCUT2D eigenvalue weighted by Gasteiger charge is -2.38. The number of nitrogens with zero attached hydrogens (tertiary/aromatic N) is 1. The highest BCUT2D eigenvalue weighted by atomic mass is 16.2. The van der Waals surface area contributed by atoms with Gasteiger partial charge in [-0.2, -0.15) is 0 Å². The van der Waals surface area contributed by atoms with E-state index < -0.39 is 12.1 Å². The second kappa shape index (κ2) is 5.03. The van der Waals surface area contributed by atoms with Gasteiger partial charge in [-0.25, -0.2) is 0 Å². The van der Waals surface area contributed by atoms with E-state index in [1.165, 1.54) is 0 Å². The summed E-state index contributed by atoms with van der Waals surface area (Å²) in [4.78, 5) is 26.1. The van der Waals surface area contributed by atoms with Gasteiger partial charge in [-0.3, -0.25) is 14.5 Å². The molecule has 19 heavy (non-hydrogen) atoms. The van der Waals surface area contributed by atoms with Crippen LogP contribution in [0.25, 0.3) is 0 Å². The number of benzene rings is 1. The summed E-state index contributed by atoms with van der Waals surface area (Å²) in [5.41, 5.74) is 3.01. The van der Waals surface area contributed by atoms with Crippen LogP contribution in [0.5, 0.6) is 0 Å². The molecule has 1 N–H and O–H groups in total. The third-order valence-corrected chi connectivity index (χ3v) is 3.58. The minimum absolute atomic E-state index is 0.0431. The molecule has 2 atom stereocenters. The van der Waals surface area contributed by atoms with E-state index in [2.05, 4.69) is 5.32 Å². The molecule has 0 radical (unpaired) electrons. The topological polar surface area (TPSA) is 49.4 Å². The fourth-order valence-electron chi connectivity index (χ4n) is 2.58. The van der Waals surface area contributed by atoms with Crippen molar-refractivity contribution in [3.05, 3.63) is 29.3 Å². The van der Waals surface area contributed by atoms with Crippen LogP contribution in [-0.4, -0.2) is 23.9 Å².